The monoisotopic (exact) mass is 498 g/mol. The Balaban J connectivity index is 1.30. The quantitative estimate of drug-likeness (QED) is 0.491. The third-order valence-corrected chi connectivity index (χ3v) is 7.90. The zero-order chi connectivity index (χ0) is 24.6. The van der Waals surface area contributed by atoms with Gasteiger partial charge in [-0.05, 0) is 45.2 Å². The zero-order valence-corrected chi connectivity index (χ0v) is 21.7. The number of nitrogens with one attached hydrogen (secondary N) is 1. The fourth-order valence-electron chi connectivity index (χ4n) is 5.10. The summed E-state index contributed by atoms with van der Waals surface area (Å²) in [6.07, 6.45) is 6.96. The van der Waals surface area contributed by atoms with Gasteiger partial charge in [0.25, 0.3) is 0 Å². The van der Waals surface area contributed by atoms with E-state index >= 15 is 0 Å². The fourth-order valence-corrected chi connectivity index (χ4v) is 6.06. The van der Waals surface area contributed by atoms with Gasteiger partial charge in [-0.1, -0.05) is 49.2 Å². The van der Waals surface area contributed by atoms with E-state index in [9.17, 15) is 9.18 Å². The third kappa shape index (κ3) is 5.44. The Labute approximate surface area is 210 Å². The van der Waals surface area contributed by atoms with Crippen LogP contribution in [0, 0.1) is 11.7 Å². The second-order valence-corrected chi connectivity index (χ2v) is 11.8. The topological polar surface area (TPSA) is 65.8 Å². The molecule has 1 amide bonds. The molecule has 35 heavy (non-hydrogen) atoms. The van der Waals surface area contributed by atoms with Crippen molar-refractivity contribution in [2.45, 2.75) is 64.8 Å². The molecule has 1 aliphatic heterocycles. The molecule has 2 aliphatic rings. The first-order valence-electron chi connectivity index (χ1n) is 12.7. The Hall–Kier alpha value is -2.68. The highest BCUT2D eigenvalue weighted by molar-refractivity contribution is 7.20. The van der Waals surface area contributed by atoms with E-state index < -0.39 is 0 Å². The van der Waals surface area contributed by atoms with Crippen LogP contribution in [-0.4, -0.2) is 57.1 Å². The Kier molecular flexibility index (Phi) is 6.70. The van der Waals surface area contributed by atoms with E-state index in [1.54, 1.807) is 6.07 Å². The lowest BCUT2D eigenvalue weighted by Gasteiger charge is -2.34. The van der Waals surface area contributed by atoms with Gasteiger partial charge in [0, 0.05) is 43.7 Å². The van der Waals surface area contributed by atoms with Crippen LogP contribution in [0.2, 0.25) is 0 Å². The van der Waals surface area contributed by atoms with E-state index in [-0.39, 0.29) is 11.4 Å². The third-order valence-electron chi connectivity index (χ3n) is 6.93. The first-order valence-corrected chi connectivity index (χ1v) is 13.5. The van der Waals surface area contributed by atoms with Crippen LogP contribution in [0.4, 0.5) is 15.3 Å². The molecule has 7 nitrogen and oxygen atoms in total. The molecule has 1 saturated carbocycles. The maximum absolute atomic E-state index is 13.9. The summed E-state index contributed by atoms with van der Waals surface area (Å²) in [7, 11) is 0. The largest absolute Gasteiger partial charge is 0.364 e. The van der Waals surface area contributed by atoms with Crippen molar-refractivity contribution in [3.05, 3.63) is 30.1 Å². The van der Waals surface area contributed by atoms with Crippen molar-refractivity contribution in [1.82, 2.24) is 19.5 Å². The van der Waals surface area contributed by atoms with Crippen molar-refractivity contribution in [3.8, 4) is 11.3 Å². The van der Waals surface area contributed by atoms with Gasteiger partial charge >= 0.3 is 0 Å². The molecule has 2 fully saturated rings. The van der Waals surface area contributed by atoms with Crippen LogP contribution in [0.5, 0.6) is 0 Å². The lowest BCUT2D eigenvalue weighted by Crippen LogP contribution is -2.48. The number of hydrogen-bond donors (Lipinski definition) is 1. The Morgan fingerprint density at radius 2 is 1.91 bits per heavy atom. The molecule has 3 aromatic rings. The lowest BCUT2D eigenvalue weighted by molar-refractivity contribution is -0.131. The highest BCUT2D eigenvalue weighted by atomic mass is 32.1. The van der Waals surface area contributed by atoms with Crippen LogP contribution in [-0.2, 0) is 4.79 Å². The summed E-state index contributed by atoms with van der Waals surface area (Å²) in [4.78, 5) is 22.6. The maximum Gasteiger partial charge on any atom is 0.222 e. The standard InChI is InChI=1S/C26H35FN6OS/c1-26(2,3)29-23-22(19-9-6-10-20(27)17-19)28-24-33(23)30-25(35-24)32-15-13-31(14-16-32)21(34)12-11-18-7-4-5-8-18/h6,9-10,17-18,29H,4-5,7-8,11-16H2,1-3H3. The van der Waals surface area contributed by atoms with Crippen LogP contribution in [0.25, 0.3) is 16.2 Å². The van der Waals surface area contributed by atoms with Crippen LogP contribution in [0.15, 0.2) is 24.3 Å². The number of halogens is 1. The molecule has 188 valence electrons. The highest BCUT2D eigenvalue weighted by Crippen LogP contribution is 2.35. The van der Waals surface area contributed by atoms with E-state index in [4.69, 9.17) is 10.1 Å². The van der Waals surface area contributed by atoms with Gasteiger partial charge in [0.15, 0.2) is 5.82 Å². The molecule has 0 bridgehead atoms. The van der Waals surface area contributed by atoms with E-state index in [1.807, 2.05) is 15.5 Å². The summed E-state index contributed by atoms with van der Waals surface area (Å²) in [5, 5.41) is 9.30. The summed E-state index contributed by atoms with van der Waals surface area (Å²) in [5.74, 6) is 1.52. The Morgan fingerprint density at radius 1 is 1.17 bits per heavy atom. The number of hydrogen-bond acceptors (Lipinski definition) is 6. The number of rotatable bonds is 6. The van der Waals surface area contributed by atoms with Crippen molar-refractivity contribution >= 4 is 33.2 Å². The van der Waals surface area contributed by atoms with Crippen molar-refractivity contribution in [2.75, 3.05) is 36.4 Å². The molecular weight excluding hydrogens is 463 g/mol. The molecule has 1 aliphatic carbocycles. The van der Waals surface area contributed by atoms with Crippen LogP contribution in [0.3, 0.4) is 0 Å². The smallest absolute Gasteiger partial charge is 0.222 e. The minimum absolute atomic E-state index is 0.216. The first kappa shape index (κ1) is 24.0. The molecule has 3 heterocycles. The number of benzene rings is 1. The minimum Gasteiger partial charge on any atom is -0.364 e. The normalized spacial score (nSPS) is 17.5. The Bertz CT molecular complexity index is 1180. The van der Waals surface area contributed by atoms with E-state index in [0.29, 0.717) is 18.0 Å². The highest BCUT2D eigenvalue weighted by Gasteiger charge is 2.27. The number of carbonyl (C=O) groups is 1. The van der Waals surface area contributed by atoms with Gasteiger partial charge in [0.1, 0.15) is 11.5 Å². The number of nitrogens with zero attached hydrogens (tertiary/aromatic N) is 5. The minimum atomic E-state index is -0.287. The molecule has 1 aromatic carbocycles. The summed E-state index contributed by atoms with van der Waals surface area (Å²) in [6.45, 7) is 9.24. The van der Waals surface area contributed by atoms with E-state index in [1.165, 1.54) is 49.2 Å². The predicted molar refractivity (Wildman–Crippen MR) is 140 cm³/mol. The summed E-state index contributed by atoms with van der Waals surface area (Å²) >= 11 is 1.53. The van der Waals surface area contributed by atoms with Crippen molar-refractivity contribution in [1.29, 1.82) is 0 Å². The second-order valence-electron chi connectivity index (χ2n) is 10.8. The average Bonchev–Trinajstić information content (AvgIpc) is 3.55. The number of amides is 1. The number of anilines is 2. The maximum atomic E-state index is 13.9. The van der Waals surface area contributed by atoms with Gasteiger partial charge in [-0.25, -0.2) is 9.37 Å². The van der Waals surface area contributed by atoms with Crippen LogP contribution < -0.4 is 10.2 Å². The molecule has 9 heteroatoms. The zero-order valence-electron chi connectivity index (χ0n) is 20.9. The molecular formula is C26H35FN6OS. The van der Waals surface area contributed by atoms with Gasteiger partial charge in [-0.15, -0.1) is 5.10 Å². The molecule has 2 aromatic heterocycles. The molecule has 0 unspecified atom stereocenters. The van der Waals surface area contributed by atoms with Crippen molar-refractivity contribution in [3.63, 3.8) is 0 Å². The molecule has 0 atom stereocenters. The average molecular weight is 499 g/mol. The molecule has 1 saturated heterocycles. The van der Waals surface area contributed by atoms with Gasteiger partial charge < -0.3 is 15.1 Å². The molecule has 5 rings (SSSR count). The van der Waals surface area contributed by atoms with Gasteiger partial charge in [0.05, 0.1) is 0 Å². The second kappa shape index (κ2) is 9.76. The summed E-state index contributed by atoms with van der Waals surface area (Å²) in [5.41, 5.74) is 1.20. The number of fused-ring (bicyclic) bond motifs is 1. The Morgan fingerprint density at radius 3 is 2.60 bits per heavy atom. The van der Waals surface area contributed by atoms with Gasteiger partial charge in [-0.3, -0.25) is 4.79 Å². The number of aromatic nitrogens is 3. The molecule has 1 N–H and O–H groups in total. The fraction of sp³-hybridized carbons (Fsp3) is 0.577. The number of piperazine rings is 1. The number of imidazole rings is 1. The van der Waals surface area contributed by atoms with Crippen molar-refractivity contribution < 1.29 is 9.18 Å². The predicted octanol–water partition coefficient (Wildman–Crippen LogP) is 5.43. The molecule has 0 radical (unpaired) electrons. The van der Waals surface area contributed by atoms with Crippen LogP contribution in [0.1, 0.15) is 59.3 Å². The first-order chi connectivity index (χ1) is 16.8. The molecule has 0 spiro atoms. The van der Waals surface area contributed by atoms with E-state index in [0.717, 1.165) is 60.0 Å². The van der Waals surface area contributed by atoms with E-state index in [2.05, 4.69) is 31.0 Å². The lowest BCUT2D eigenvalue weighted by atomic mass is 10.0. The number of carbonyl (C=O) groups excluding carboxylic acids is 1. The van der Waals surface area contributed by atoms with Gasteiger partial charge in [0.2, 0.25) is 16.0 Å². The van der Waals surface area contributed by atoms with Crippen molar-refractivity contribution in [2.24, 2.45) is 5.92 Å². The van der Waals surface area contributed by atoms with Crippen LogP contribution >= 0.6 is 11.3 Å². The summed E-state index contributed by atoms with van der Waals surface area (Å²) in [6, 6.07) is 6.51. The SMILES string of the molecule is CC(C)(C)Nc1c(-c2cccc(F)c2)nc2sc(N3CCN(C(=O)CCC4CCCC4)CC3)nn12. The summed E-state index contributed by atoms with van der Waals surface area (Å²) < 4.78 is 15.8. The van der Waals surface area contributed by atoms with Gasteiger partial charge in [-0.2, -0.15) is 4.52 Å².